The van der Waals surface area contributed by atoms with Crippen LogP contribution in [0.2, 0.25) is 5.15 Å². The van der Waals surface area contributed by atoms with E-state index in [9.17, 15) is 5.11 Å². The number of aromatic nitrogens is 1. The molecule has 33 heavy (non-hydrogen) atoms. The van der Waals surface area contributed by atoms with Crippen LogP contribution in [0.1, 0.15) is 29.0 Å². The lowest BCUT2D eigenvalue weighted by molar-refractivity contribution is -0.130. The number of hydrogen-bond donors (Lipinski definition) is 1. The van der Waals surface area contributed by atoms with E-state index in [0.29, 0.717) is 23.7 Å². The van der Waals surface area contributed by atoms with Gasteiger partial charge >= 0.3 is 0 Å². The van der Waals surface area contributed by atoms with Crippen LogP contribution in [0.3, 0.4) is 0 Å². The molecular formula is C26H26BrClN2O3. The summed E-state index contributed by atoms with van der Waals surface area (Å²) in [5.41, 5.74) is 0.132. The highest BCUT2D eigenvalue weighted by molar-refractivity contribution is 9.10. The SMILES string of the molecule is COc1nc(Cl)cc2c1C1(O)C(CN(C)C)CC(c3ccccc3)C1(c1ccc(Br)cc1)O2. The Bertz CT molecular complexity index is 1170. The predicted octanol–water partition coefficient (Wildman–Crippen LogP) is 5.35. The van der Waals surface area contributed by atoms with Crippen molar-refractivity contribution in [3.8, 4) is 11.6 Å². The summed E-state index contributed by atoms with van der Waals surface area (Å²) in [6, 6.07) is 20.0. The summed E-state index contributed by atoms with van der Waals surface area (Å²) in [6.45, 7) is 0.673. The first-order valence-corrected chi connectivity index (χ1v) is 12.1. The van der Waals surface area contributed by atoms with Crippen molar-refractivity contribution in [2.45, 2.75) is 23.5 Å². The number of halogens is 2. The molecule has 7 heteroatoms. The van der Waals surface area contributed by atoms with Crippen molar-refractivity contribution in [1.29, 1.82) is 0 Å². The van der Waals surface area contributed by atoms with Crippen LogP contribution in [-0.4, -0.2) is 42.7 Å². The van der Waals surface area contributed by atoms with Gasteiger partial charge in [0.2, 0.25) is 5.88 Å². The molecule has 3 aromatic rings. The molecule has 172 valence electrons. The molecule has 1 aromatic heterocycles. The highest BCUT2D eigenvalue weighted by Crippen LogP contribution is 2.70. The molecule has 1 N–H and O–H groups in total. The van der Waals surface area contributed by atoms with Crippen LogP contribution >= 0.6 is 27.5 Å². The van der Waals surface area contributed by atoms with E-state index in [0.717, 1.165) is 22.0 Å². The molecule has 4 atom stereocenters. The molecule has 0 spiro atoms. The zero-order valence-electron chi connectivity index (χ0n) is 18.8. The first kappa shape index (κ1) is 22.7. The van der Waals surface area contributed by atoms with Gasteiger partial charge in [-0.3, -0.25) is 0 Å². The Labute approximate surface area is 207 Å². The van der Waals surface area contributed by atoms with Crippen LogP contribution in [0.4, 0.5) is 0 Å². The summed E-state index contributed by atoms with van der Waals surface area (Å²) >= 11 is 9.87. The van der Waals surface area contributed by atoms with Gasteiger partial charge in [-0.15, -0.1) is 0 Å². The Morgan fingerprint density at radius 2 is 1.88 bits per heavy atom. The smallest absolute Gasteiger partial charge is 0.224 e. The number of pyridine rings is 1. The van der Waals surface area contributed by atoms with Gasteiger partial charge in [-0.05, 0) is 43.8 Å². The summed E-state index contributed by atoms with van der Waals surface area (Å²) in [4.78, 5) is 6.51. The second kappa shape index (κ2) is 8.27. The van der Waals surface area contributed by atoms with Gasteiger partial charge in [0, 0.05) is 28.9 Å². The molecule has 0 amide bonds. The molecule has 2 aliphatic rings. The Morgan fingerprint density at radius 1 is 1.18 bits per heavy atom. The third-order valence-electron chi connectivity index (χ3n) is 6.99. The molecule has 1 aliphatic heterocycles. The molecule has 1 fully saturated rings. The highest BCUT2D eigenvalue weighted by atomic mass is 79.9. The second-order valence-corrected chi connectivity index (χ2v) is 10.4. The topological polar surface area (TPSA) is 54.8 Å². The maximum Gasteiger partial charge on any atom is 0.224 e. The minimum Gasteiger partial charge on any atom is -0.481 e. The van der Waals surface area contributed by atoms with Crippen molar-refractivity contribution < 1.29 is 14.6 Å². The lowest BCUT2D eigenvalue weighted by atomic mass is 9.70. The first-order valence-electron chi connectivity index (χ1n) is 10.9. The van der Waals surface area contributed by atoms with Crippen molar-refractivity contribution in [2.24, 2.45) is 5.92 Å². The van der Waals surface area contributed by atoms with Crippen molar-refractivity contribution in [3.63, 3.8) is 0 Å². The van der Waals surface area contributed by atoms with Crippen LogP contribution in [0.15, 0.2) is 65.1 Å². The minimum absolute atomic E-state index is 0.106. The molecule has 0 radical (unpaired) electrons. The fourth-order valence-electron chi connectivity index (χ4n) is 5.83. The summed E-state index contributed by atoms with van der Waals surface area (Å²) in [5, 5.41) is 13.1. The molecule has 0 saturated heterocycles. The number of hydrogen-bond acceptors (Lipinski definition) is 5. The maximum atomic E-state index is 12.9. The van der Waals surface area contributed by atoms with E-state index < -0.39 is 11.2 Å². The Balaban J connectivity index is 1.84. The molecule has 5 nitrogen and oxygen atoms in total. The van der Waals surface area contributed by atoms with Gasteiger partial charge in [-0.2, -0.15) is 0 Å². The summed E-state index contributed by atoms with van der Waals surface area (Å²) in [6.07, 6.45) is 0.736. The molecule has 1 saturated carbocycles. The lowest BCUT2D eigenvalue weighted by Gasteiger charge is -2.42. The molecule has 0 bridgehead atoms. The van der Waals surface area contributed by atoms with Gasteiger partial charge in [0.1, 0.15) is 16.5 Å². The fraction of sp³-hybridized carbons (Fsp3) is 0.346. The van der Waals surface area contributed by atoms with Crippen LogP contribution in [0, 0.1) is 5.92 Å². The van der Waals surface area contributed by atoms with Crippen molar-refractivity contribution in [1.82, 2.24) is 9.88 Å². The van der Waals surface area contributed by atoms with E-state index in [4.69, 9.17) is 21.1 Å². The van der Waals surface area contributed by atoms with Crippen LogP contribution in [0.25, 0.3) is 0 Å². The summed E-state index contributed by atoms with van der Waals surface area (Å²) in [7, 11) is 5.59. The molecule has 1 aliphatic carbocycles. The van der Waals surface area contributed by atoms with E-state index in [1.165, 1.54) is 0 Å². The van der Waals surface area contributed by atoms with Gasteiger partial charge < -0.3 is 19.5 Å². The number of nitrogens with zero attached hydrogens (tertiary/aromatic N) is 2. The summed E-state index contributed by atoms with van der Waals surface area (Å²) in [5.74, 6) is 0.572. The van der Waals surface area contributed by atoms with E-state index in [2.05, 4.69) is 37.9 Å². The molecule has 4 unspecified atom stereocenters. The number of methoxy groups -OCH3 is 1. The number of aliphatic hydroxyl groups is 1. The quantitative estimate of drug-likeness (QED) is 0.452. The van der Waals surface area contributed by atoms with Gasteiger partial charge in [0.15, 0.2) is 5.60 Å². The minimum atomic E-state index is -1.39. The average molecular weight is 530 g/mol. The van der Waals surface area contributed by atoms with Crippen molar-refractivity contribution >= 4 is 27.5 Å². The van der Waals surface area contributed by atoms with E-state index in [1.807, 2.05) is 56.6 Å². The molecule has 2 heterocycles. The predicted molar refractivity (Wildman–Crippen MR) is 132 cm³/mol. The van der Waals surface area contributed by atoms with Crippen LogP contribution in [0.5, 0.6) is 11.6 Å². The number of fused-ring (bicyclic) bond motifs is 3. The van der Waals surface area contributed by atoms with E-state index >= 15 is 0 Å². The van der Waals surface area contributed by atoms with Crippen LogP contribution in [-0.2, 0) is 11.2 Å². The first-order chi connectivity index (χ1) is 15.8. The fourth-order valence-corrected chi connectivity index (χ4v) is 6.27. The van der Waals surface area contributed by atoms with E-state index in [-0.39, 0.29) is 17.0 Å². The monoisotopic (exact) mass is 528 g/mol. The zero-order valence-corrected chi connectivity index (χ0v) is 21.1. The third-order valence-corrected chi connectivity index (χ3v) is 7.72. The number of benzene rings is 2. The standard InChI is InChI=1S/C26H26BrClN2O3/c1-30(2)15-18-13-20(16-7-5-4-6-8-16)26(17-9-11-19(27)12-10-17)25(18,31)23-21(33-26)14-22(28)29-24(23)32-3/h4-12,14,18,20,31H,13,15H2,1-3H3. The van der Waals surface area contributed by atoms with Crippen molar-refractivity contribution in [3.05, 3.63) is 87.0 Å². The Morgan fingerprint density at radius 3 is 2.52 bits per heavy atom. The van der Waals surface area contributed by atoms with E-state index in [1.54, 1.807) is 13.2 Å². The van der Waals surface area contributed by atoms with Gasteiger partial charge in [-0.25, -0.2) is 4.98 Å². The normalized spacial score (nSPS) is 27.8. The number of rotatable bonds is 5. The van der Waals surface area contributed by atoms with Crippen LogP contribution < -0.4 is 9.47 Å². The largest absolute Gasteiger partial charge is 0.481 e. The molecule has 5 rings (SSSR count). The summed E-state index contributed by atoms with van der Waals surface area (Å²) < 4.78 is 13.5. The Hall–Kier alpha value is -2.12. The highest BCUT2D eigenvalue weighted by Gasteiger charge is 2.73. The van der Waals surface area contributed by atoms with Gasteiger partial charge in [0.25, 0.3) is 0 Å². The molecular weight excluding hydrogens is 504 g/mol. The second-order valence-electron chi connectivity index (χ2n) is 9.10. The molecule has 2 aromatic carbocycles. The zero-order chi connectivity index (χ0) is 23.4. The Kier molecular flexibility index (Phi) is 5.68. The lowest BCUT2D eigenvalue weighted by Crippen LogP contribution is -2.52. The van der Waals surface area contributed by atoms with Crippen molar-refractivity contribution in [2.75, 3.05) is 27.7 Å². The van der Waals surface area contributed by atoms with Gasteiger partial charge in [0.05, 0.1) is 12.7 Å². The number of ether oxygens (including phenoxy) is 2. The van der Waals surface area contributed by atoms with Gasteiger partial charge in [-0.1, -0.05) is 70.0 Å². The third kappa shape index (κ3) is 3.30. The average Bonchev–Trinajstić information content (AvgIpc) is 3.19. The maximum absolute atomic E-state index is 12.9.